The Balaban J connectivity index is 1.49. The van der Waals surface area contributed by atoms with Crippen molar-refractivity contribution in [1.82, 2.24) is 24.9 Å². The molecule has 0 unspecified atom stereocenters. The van der Waals surface area contributed by atoms with E-state index in [0.717, 1.165) is 28.7 Å². The number of hydrogen-bond acceptors (Lipinski definition) is 6. The highest BCUT2D eigenvalue weighted by Crippen LogP contribution is 2.27. The van der Waals surface area contributed by atoms with Crippen LogP contribution >= 0.6 is 35.0 Å². The number of benzene rings is 2. The van der Waals surface area contributed by atoms with E-state index in [1.54, 1.807) is 12.1 Å². The molecule has 0 radical (unpaired) electrons. The van der Waals surface area contributed by atoms with Gasteiger partial charge in [0, 0.05) is 27.7 Å². The maximum atomic E-state index is 5.97. The Labute approximate surface area is 175 Å². The Morgan fingerprint density at radius 2 is 1.57 bits per heavy atom. The molecule has 0 saturated heterocycles. The van der Waals surface area contributed by atoms with Gasteiger partial charge in [0.2, 0.25) is 11.7 Å². The molecule has 2 aromatic carbocycles. The summed E-state index contributed by atoms with van der Waals surface area (Å²) in [5.74, 6) is 2.35. The van der Waals surface area contributed by atoms with E-state index in [1.807, 2.05) is 41.0 Å². The average Bonchev–Trinajstić information content (AvgIpc) is 3.34. The van der Waals surface area contributed by atoms with E-state index in [1.165, 1.54) is 11.8 Å². The van der Waals surface area contributed by atoms with Crippen LogP contribution in [-0.2, 0) is 12.3 Å². The number of hydrogen-bond donors (Lipinski definition) is 0. The summed E-state index contributed by atoms with van der Waals surface area (Å²) in [5.41, 5.74) is 1.82. The van der Waals surface area contributed by atoms with E-state index >= 15 is 0 Å². The maximum Gasteiger partial charge on any atom is 0.237 e. The fraction of sp³-hybridized carbons (Fsp3) is 0.158. The lowest BCUT2D eigenvalue weighted by Gasteiger charge is -2.06. The molecule has 0 spiro atoms. The van der Waals surface area contributed by atoms with Crippen molar-refractivity contribution in [3.8, 4) is 22.8 Å². The van der Waals surface area contributed by atoms with Gasteiger partial charge in [0.1, 0.15) is 0 Å². The SMILES string of the molecule is CCn1c(SCc2nc(-c3ccc(Cl)cc3)no2)nnc1-c1ccc(Cl)cc1. The van der Waals surface area contributed by atoms with Crippen LogP contribution in [0.5, 0.6) is 0 Å². The topological polar surface area (TPSA) is 69.6 Å². The van der Waals surface area contributed by atoms with Gasteiger partial charge in [0.05, 0.1) is 5.75 Å². The number of nitrogens with zero attached hydrogens (tertiary/aromatic N) is 5. The lowest BCUT2D eigenvalue weighted by Crippen LogP contribution is -1.99. The monoisotopic (exact) mass is 431 g/mol. The number of rotatable bonds is 6. The van der Waals surface area contributed by atoms with Crippen LogP contribution in [0.15, 0.2) is 58.2 Å². The van der Waals surface area contributed by atoms with Gasteiger partial charge < -0.3 is 9.09 Å². The molecule has 0 amide bonds. The quantitative estimate of drug-likeness (QED) is 0.369. The fourth-order valence-electron chi connectivity index (χ4n) is 2.65. The smallest absolute Gasteiger partial charge is 0.237 e. The maximum absolute atomic E-state index is 5.97. The van der Waals surface area contributed by atoms with E-state index in [9.17, 15) is 0 Å². The van der Waals surface area contributed by atoms with Crippen molar-refractivity contribution in [3.05, 3.63) is 64.5 Å². The molecule has 2 aromatic heterocycles. The van der Waals surface area contributed by atoms with E-state index < -0.39 is 0 Å². The minimum atomic E-state index is 0.499. The van der Waals surface area contributed by atoms with Crippen molar-refractivity contribution >= 4 is 35.0 Å². The highest BCUT2D eigenvalue weighted by molar-refractivity contribution is 7.98. The van der Waals surface area contributed by atoms with Crippen LogP contribution in [0.4, 0.5) is 0 Å². The van der Waals surface area contributed by atoms with Crippen molar-refractivity contribution < 1.29 is 4.52 Å². The zero-order valence-electron chi connectivity index (χ0n) is 14.8. The molecule has 2 heterocycles. The van der Waals surface area contributed by atoms with E-state index in [2.05, 4.69) is 27.3 Å². The summed E-state index contributed by atoms with van der Waals surface area (Å²) in [6, 6.07) is 14.9. The zero-order chi connectivity index (χ0) is 19.5. The van der Waals surface area contributed by atoms with Gasteiger partial charge in [-0.15, -0.1) is 10.2 Å². The fourth-order valence-corrected chi connectivity index (χ4v) is 3.74. The molecule has 0 bridgehead atoms. The third-order valence-corrected chi connectivity index (χ3v) is 5.49. The molecular formula is C19H15Cl2N5OS. The minimum Gasteiger partial charge on any atom is -0.338 e. The summed E-state index contributed by atoms with van der Waals surface area (Å²) in [7, 11) is 0. The Bertz CT molecular complexity index is 1080. The van der Waals surface area contributed by atoms with Crippen molar-refractivity contribution in [3.63, 3.8) is 0 Å². The first-order valence-corrected chi connectivity index (χ1v) is 10.3. The van der Waals surface area contributed by atoms with Gasteiger partial charge in [0.25, 0.3) is 0 Å². The highest BCUT2D eigenvalue weighted by Gasteiger charge is 2.15. The molecule has 28 heavy (non-hydrogen) atoms. The Morgan fingerprint density at radius 1 is 0.929 bits per heavy atom. The van der Waals surface area contributed by atoms with Gasteiger partial charge in [-0.3, -0.25) is 0 Å². The van der Waals surface area contributed by atoms with Gasteiger partial charge in [0.15, 0.2) is 11.0 Å². The summed E-state index contributed by atoms with van der Waals surface area (Å²) in [6.45, 7) is 2.80. The molecule has 4 rings (SSSR count). The minimum absolute atomic E-state index is 0.499. The van der Waals surface area contributed by atoms with Crippen LogP contribution < -0.4 is 0 Å². The normalized spacial score (nSPS) is 11.1. The van der Waals surface area contributed by atoms with Gasteiger partial charge in [-0.05, 0) is 55.5 Å². The summed E-state index contributed by atoms with van der Waals surface area (Å²) in [5, 5.41) is 14.8. The largest absolute Gasteiger partial charge is 0.338 e. The summed E-state index contributed by atoms with van der Waals surface area (Å²) in [6.07, 6.45) is 0. The standard InChI is InChI=1S/C19H15Cl2N5OS/c1-2-26-18(13-5-9-15(21)10-6-13)23-24-19(26)28-11-16-22-17(25-27-16)12-3-7-14(20)8-4-12/h3-10H,2,11H2,1H3. The van der Waals surface area contributed by atoms with Crippen molar-refractivity contribution in [2.24, 2.45) is 0 Å². The van der Waals surface area contributed by atoms with Crippen molar-refractivity contribution in [2.45, 2.75) is 24.4 Å². The molecule has 0 aliphatic carbocycles. The van der Waals surface area contributed by atoms with Gasteiger partial charge >= 0.3 is 0 Å². The number of aromatic nitrogens is 5. The molecule has 0 aliphatic heterocycles. The predicted molar refractivity (Wildman–Crippen MR) is 110 cm³/mol. The lowest BCUT2D eigenvalue weighted by atomic mass is 10.2. The average molecular weight is 432 g/mol. The summed E-state index contributed by atoms with van der Waals surface area (Å²) >= 11 is 13.4. The molecular weight excluding hydrogens is 417 g/mol. The third-order valence-electron chi connectivity index (χ3n) is 4.03. The van der Waals surface area contributed by atoms with Gasteiger partial charge in [-0.25, -0.2) is 0 Å². The Kier molecular flexibility index (Phi) is 5.66. The molecule has 0 atom stereocenters. The van der Waals surface area contributed by atoms with Crippen LogP contribution in [-0.4, -0.2) is 24.9 Å². The molecule has 0 aliphatic rings. The van der Waals surface area contributed by atoms with Crippen LogP contribution in [0.1, 0.15) is 12.8 Å². The Hall–Kier alpha value is -2.35. The Morgan fingerprint density at radius 3 is 2.21 bits per heavy atom. The van der Waals surface area contributed by atoms with E-state index in [0.29, 0.717) is 27.5 Å². The molecule has 4 aromatic rings. The second-order valence-corrected chi connectivity index (χ2v) is 7.68. The molecule has 0 fully saturated rings. The third kappa shape index (κ3) is 4.06. The van der Waals surface area contributed by atoms with Crippen molar-refractivity contribution in [2.75, 3.05) is 0 Å². The molecule has 142 valence electrons. The molecule has 0 N–H and O–H groups in total. The molecule has 0 saturated carbocycles. The van der Waals surface area contributed by atoms with Gasteiger partial charge in [-0.1, -0.05) is 40.1 Å². The number of halogens is 2. The second kappa shape index (κ2) is 8.34. The van der Waals surface area contributed by atoms with Crippen LogP contribution in [0.3, 0.4) is 0 Å². The van der Waals surface area contributed by atoms with E-state index in [4.69, 9.17) is 27.7 Å². The molecule has 6 nitrogen and oxygen atoms in total. The van der Waals surface area contributed by atoms with Gasteiger partial charge in [-0.2, -0.15) is 4.98 Å². The predicted octanol–water partition coefficient (Wildman–Crippen LogP) is 5.61. The second-order valence-electron chi connectivity index (χ2n) is 5.86. The first-order valence-electron chi connectivity index (χ1n) is 8.54. The highest BCUT2D eigenvalue weighted by atomic mass is 35.5. The van der Waals surface area contributed by atoms with Crippen LogP contribution in [0.25, 0.3) is 22.8 Å². The van der Waals surface area contributed by atoms with Crippen molar-refractivity contribution in [1.29, 1.82) is 0 Å². The summed E-state index contributed by atoms with van der Waals surface area (Å²) in [4.78, 5) is 4.44. The molecule has 9 heteroatoms. The van der Waals surface area contributed by atoms with E-state index in [-0.39, 0.29) is 0 Å². The first kappa shape index (κ1) is 19.0. The first-order chi connectivity index (χ1) is 13.6. The zero-order valence-corrected chi connectivity index (χ0v) is 17.2. The van der Waals surface area contributed by atoms with Crippen LogP contribution in [0.2, 0.25) is 10.0 Å². The summed E-state index contributed by atoms with van der Waals surface area (Å²) < 4.78 is 7.41. The van der Waals surface area contributed by atoms with Crippen LogP contribution in [0, 0.1) is 0 Å². The lowest BCUT2D eigenvalue weighted by molar-refractivity contribution is 0.391. The number of thioether (sulfide) groups is 1.